The van der Waals surface area contributed by atoms with Crippen LogP contribution in [0, 0.1) is 20.8 Å². The third-order valence-corrected chi connectivity index (χ3v) is 6.95. The van der Waals surface area contributed by atoms with E-state index in [0.29, 0.717) is 5.69 Å². The van der Waals surface area contributed by atoms with Gasteiger partial charge in [-0.15, -0.1) is 11.3 Å². The fourth-order valence-electron chi connectivity index (χ4n) is 2.56. The Bertz CT molecular complexity index is 1120. The van der Waals surface area contributed by atoms with Gasteiger partial charge in [0, 0.05) is 6.42 Å². The lowest BCUT2D eigenvalue weighted by atomic mass is 10.0. The lowest BCUT2D eigenvalue weighted by Crippen LogP contribution is -2.16. The van der Waals surface area contributed by atoms with E-state index in [1.807, 2.05) is 32.0 Å². The van der Waals surface area contributed by atoms with Crippen molar-refractivity contribution in [3.05, 3.63) is 61.9 Å². The van der Waals surface area contributed by atoms with Crippen molar-refractivity contribution in [2.75, 3.05) is 4.72 Å². The second-order valence-electron chi connectivity index (χ2n) is 6.16. The van der Waals surface area contributed by atoms with Gasteiger partial charge in [0.2, 0.25) is 0 Å². The predicted molar refractivity (Wildman–Crippen MR) is 105 cm³/mol. The third-order valence-electron chi connectivity index (χ3n) is 4.05. The van der Waals surface area contributed by atoms with Crippen molar-refractivity contribution in [2.24, 2.45) is 0 Å². The molecule has 0 aliphatic carbocycles. The molecule has 9 heteroatoms. The number of rotatable bonds is 6. The van der Waals surface area contributed by atoms with Gasteiger partial charge in [-0.25, -0.2) is 13.1 Å². The highest BCUT2D eigenvalue weighted by molar-refractivity contribution is 7.93. The number of Topliss-reactive ketones (excluding diaryl/α,β-unsaturated/α-hetero) is 1. The zero-order valence-corrected chi connectivity index (χ0v) is 17.3. The van der Waals surface area contributed by atoms with Crippen LogP contribution in [0.4, 0.5) is 5.88 Å². The summed E-state index contributed by atoms with van der Waals surface area (Å²) in [4.78, 5) is 12.8. The average molecular weight is 425 g/mol. The number of nitrogens with one attached hydrogen (secondary N) is 1. The van der Waals surface area contributed by atoms with E-state index in [1.165, 1.54) is 6.07 Å². The first-order valence-electron chi connectivity index (χ1n) is 8.00. The van der Waals surface area contributed by atoms with Gasteiger partial charge in [0.15, 0.2) is 5.78 Å². The summed E-state index contributed by atoms with van der Waals surface area (Å²) in [6.45, 7) is 5.46. The van der Waals surface area contributed by atoms with Gasteiger partial charge < -0.3 is 4.52 Å². The summed E-state index contributed by atoms with van der Waals surface area (Å²) in [5.74, 6) is -0.438. The topological polar surface area (TPSA) is 89.3 Å². The number of aryl methyl sites for hydroxylation is 3. The molecule has 2 heterocycles. The molecule has 27 heavy (non-hydrogen) atoms. The van der Waals surface area contributed by atoms with Crippen LogP contribution in [0.5, 0.6) is 0 Å². The van der Waals surface area contributed by atoms with Crippen LogP contribution in [0.3, 0.4) is 0 Å². The molecular weight excluding hydrogens is 408 g/mol. The van der Waals surface area contributed by atoms with Gasteiger partial charge in [-0.1, -0.05) is 40.5 Å². The zero-order valence-electron chi connectivity index (χ0n) is 14.9. The van der Waals surface area contributed by atoms with Crippen LogP contribution < -0.4 is 4.72 Å². The maximum atomic E-state index is 12.8. The molecule has 1 aromatic carbocycles. The summed E-state index contributed by atoms with van der Waals surface area (Å²) in [5, 5.41) is 5.26. The van der Waals surface area contributed by atoms with Gasteiger partial charge in [0.25, 0.3) is 15.9 Å². The van der Waals surface area contributed by atoms with E-state index in [4.69, 9.17) is 16.1 Å². The first kappa shape index (κ1) is 19.6. The molecule has 2 aromatic heterocycles. The van der Waals surface area contributed by atoms with Crippen molar-refractivity contribution >= 4 is 44.6 Å². The van der Waals surface area contributed by atoms with Gasteiger partial charge in [0.1, 0.15) is 15.6 Å². The minimum atomic E-state index is -4.04. The van der Waals surface area contributed by atoms with Crippen LogP contribution in [0.2, 0.25) is 5.02 Å². The van der Waals surface area contributed by atoms with E-state index in [9.17, 15) is 13.2 Å². The van der Waals surface area contributed by atoms with Crippen LogP contribution in [-0.2, 0) is 16.4 Å². The largest absolute Gasteiger partial charge is 0.336 e. The number of hydrogen-bond donors (Lipinski definition) is 1. The molecule has 0 saturated carbocycles. The fraction of sp³-hybridized carbons (Fsp3) is 0.222. The molecule has 0 unspecified atom stereocenters. The molecule has 142 valence electrons. The Kier molecular flexibility index (Phi) is 5.41. The number of benzene rings is 1. The molecule has 0 radical (unpaired) electrons. The van der Waals surface area contributed by atoms with E-state index < -0.39 is 10.0 Å². The standard InChI is InChI=1S/C18H17ClN2O4S2/c1-10-4-5-11(2)13(8-10)9-14(22)17-15(6-7-26-17)27(23,24)21-18-16(19)12(3)20-25-18/h4-8,21H,9H2,1-3H3. The van der Waals surface area contributed by atoms with Crippen LogP contribution in [0.15, 0.2) is 39.1 Å². The third kappa shape index (κ3) is 4.07. The molecule has 0 spiro atoms. The van der Waals surface area contributed by atoms with Crippen LogP contribution in [0.25, 0.3) is 0 Å². The smallest absolute Gasteiger partial charge is 0.265 e. The van der Waals surface area contributed by atoms with E-state index in [1.54, 1.807) is 12.3 Å². The summed E-state index contributed by atoms with van der Waals surface area (Å²) >= 11 is 7.06. The fourth-order valence-corrected chi connectivity index (χ4v) is 5.11. The number of nitrogens with zero attached hydrogens (tertiary/aromatic N) is 1. The predicted octanol–water partition coefficient (Wildman–Crippen LogP) is 4.54. The van der Waals surface area contributed by atoms with Crippen molar-refractivity contribution in [3.63, 3.8) is 0 Å². The van der Waals surface area contributed by atoms with Crippen molar-refractivity contribution in [1.82, 2.24) is 5.16 Å². The Morgan fingerprint density at radius 1 is 1.26 bits per heavy atom. The number of thiophene rings is 1. The first-order chi connectivity index (χ1) is 12.7. The Labute approximate surface area is 166 Å². The van der Waals surface area contributed by atoms with Gasteiger partial charge in [0.05, 0.1) is 4.88 Å². The summed E-state index contributed by atoms with van der Waals surface area (Å²) in [6.07, 6.45) is 0.124. The lowest BCUT2D eigenvalue weighted by molar-refractivity contribution is 0.0994. The minimum absolute atomic E-state index is 0.0806. The molecule has 1 N–H and O–H groups in total. The number of aromatic nitrogens is 1. The molecule has 0 aliphatic rings. The quantitative estimate of drug-likeness (QED) is 0.586. The van der Waals surface area contributed by atoms with E-state index in [-0.39, 0.29) is 32.9 Å². The number of carbonyl (C=O) groups excluding carboxylic acids is 1. The molecule has 3 aromatic rings. The SMILES string of the molecule is Cc1ccc(C)c(CC(=O)c2sccc2S(=O)(=O)Nc2onc(C)c2Cl)c1. The van der Waals surface area contributed by atoms with Crippen LogP contribution >= 0.6 is 22.9 Å². The van der Waals surface area contributed by atoms with Gasteiger partial charge in [-0.2, -0.15) is 0 Å². The van der Waals surface area contributed by atoms with Crippen molar-refractivity contribution < 1.29 is 17.7 Å². The van der Waals surface area contributed by atoms with Gasteiger partial charge in [-0.05, 0) is 43.3 Å². The normalized spacial score (nSPS) is 11.6. The van der Waals surface area contributed by atoms with E-state index in [0.717, 1.165) is 28.0 Å². The monoisotopic (exact) mass is 424 g/mol. The van der Waals surface area contributed by atoms with Crippen molar-refractivity contribution in [1.29, 1.82) is 0 Å². The van der Waals surface area contributed by atoms with Crippen LogP contribution in [0.1, 0.15) is 32.1 Å². The highest BCUT2D eigenvalue weighted by Crippen LogP contribution is 2.30. The molecule has 6 nitrogen and oxygen atoms in total. The molecule has 0 aliphatic heterocycles. The van der Waals surface area contributed by atoms with Gasteiger partial charge >= 0.3 is 0 Å². The average Bonchev–Trinajstić information content (AvgIpc) is 3.21. The zero-order chi connectivity index (χ0) is 19.8. The molecule has 0 atom stereocenters. The van der Waals surface area contributed by atoms with Crippen molar-refractivity contribution in [3.8, 4) is 0 Å². The van der Waals surface area contributed by atoms with Gasteiger partial charge in [-0.3, -0.25) is 4.79 Å². The second kappa shape index (κ2) is 7.46. The van der Waals surface area contributed by atoms with Crippen molar-refractivity contribution in [2.45, 2.75) is 32.1 Å². The number of sulfonamides is 1. The Hall–Kier alpha value is -2.16. The highest BCUT2D eigenvalue weighted by Gasteiger charge is 2.27. The number of carbonyl (C=O) groups is 1. The van der Waals surface area contributed by atoms with Crippen LogP contribution in [-0.4, -0.2) is 19.4 Å². The first-order valence-corrected chi connectivity index (χ1v) is 10.7. The summed E-state index contributed by atoms with van der Waals surface area (Å²) in [7, 11) is -4.04. The Morgan fingerprint density at radius 2 is 2.00 bits per heavy atom. The molecule has 0 saturated heterocycles. The summed E-state index contributed by atoms with van der Waals surface area (Å²) in [6, 6.07) is 7.24. The molecule has 0 amide bonds. The molecule has 3 rings (SSSR count). The van der Waals surface area contributed by atoms with E-state index >= 15 is 0 Å². The Balaban J connectivity index is 1.89. The number of hydrogen-bond acceptors (Lipinski definition) is 6. The van der Waals surface area contributed by atoms with E-state index in [2.05, 4.69) is 9.88 Å². The number of ketones is 1. The molecule has 0 fully saturated rings. The Morgan fingerprint density at radius 3 is 2.67 bits per heavy atom. The number of halogens is 1. The molecule has 0 bridgehead atoms. The summed E-state index contributed by atoms with van der Waals surface area (Å²) < 4.78 is 32.6. The minimum Gasteiger partial charge on any atom is -0.336 e. The second-order valence-corrected chi connectivity index (χ2v) is 9.11. The lowest BCUT2D eigenvalue weighted by Gasteiger charge is -2.08. The summed E-state index contributed by atoms with van der Waals surface area (Å²) in [5.41, 5.74) is 3.26. The maximum Gasteiger partial charge on any atom is 0.265 e. The maximum absolute atomic E-state index is 12.8. The highest BCUT2D eigenvalue weighted by atomic mass is 35.5. The number of anilines is 1. The molecular formula is C18H17ClN2O4S2.